The summed E-state index contributed by atoms with van der Waals surface area (Å²) >= 11 is 0. The van der Waals surface area contributed by atoms with E-state index in [9.17, 15) is 29.4 Å². The minimum atomic E-state index is -1.00. The number of fused-ring (bicyclic) bond motifs is 4. The number of aromatic nitrogens is 5. The van der Waals surface area contributed by atoms with Crippen molar-refractivity contribution < 1.29 is 42.9 Å². The molecule has 13 rings (SSSR count). The van der Waals surface area contributed by atoms with E-state index in [4.69, 9.17) is 19.4 Å². The van der Waals surface area contributed by atoms with Gasteiger partial charge in [-0.3, -0.25) is 33.9 Å². The Balaban J connectivity index is 0.624. The van der Waals surface area contributed by atoms with Gasteiger partial charge in [-0.2, -0.15) is 9.97 Å². The third-order valence-corrected chi connectivity index (χ3v) is 19.9. The predicted octanol–water partition coefficient (Wildman–Crippen LogP) is 8.01. The number of pyridine rings is 1. The van der Waals surface area contributed by atoms with Crippen LogP contribution in [0.2, 0.25) is 0 Å². The predicted molar refractivity (Wildman–Crippen MR) is 300 cm³/mol. The number of nitrogens with one attached hydrogen (secondary N) is 1. The summed E-state index contributed by atoms with van der Waals surface area (Å²) in [6.45, 7) is 9.17. The summed E-state index contributed by atoms with van der Waals surface area (Å²) < 4.78 is 48.4. The number of aromatic hydroxyl groups is 1. The first-order valence-electron chi connectivity index (χ1n) is 29.4. The van der Waals surface area contributed by atoms with Crippen molar-refractivity contribution >= 4 is 56.4 Å². The van der Waals surface area contributed by atoms with Crippen molar-refractivity contribution in [2.45, 2.75) is 145 Å². The van der Waals surface area contributed by atoms with Crippen molar-refractivity contribution in [2.24, 2.45) is 12.5 Å². The van der Waals surface area contributed by atoms with Gasteiger partial charge in [-0.05, 0) is 180 Å². The molecule has 3 aromatic heterocycles. The number of hydrogen-bond acceptors (Lipinski definition) is 14. The first kappa shape index (κ1) is 53.5. The van der Waals surface area contributed by atoms with Crippen LogP contribution in [0.1, 0.15) is 127 Å². The number of anilines is 1. The molecule has 6 saturated heterocycles. The molecule has 6 aliphatic heterocycles. The number of β-amino-alcohol motifs (C(OH)–C–C–N with tert-alkyl or cyclic N) is 1. The smallest absolute Gasteiger partial charge is 0.409 e. The van der Waals surface area contributed by atoms with Crippen molar-refractivity contribution in [1.82, 2.24) is 44.1 Å². The summed E-state index contributed by atoms with van der Waals surface area (Å²) in [5.74, 6) is -1.26. The Kier molecular flexibility index (Phi) is 13.6. The summed E-state index contributed by atoms with van der Waals surface area (Å²) in [5.41, 5.74) is 1.87. The fourth-order valence-corrected chi connectivity index (χ4v) is 15.4. The first-order chi connectivity index (χ1) is 39.0. The van der Waals surface area contributed by atoms with Crippen LogP contribution in [0.15, 0.2) is 53.5 Å². The number of amides is 3. The molecule has 3 aromatic carbocycles. The van der Waals surface area contributed by atoms with Gasteiger partial charge < -0.3 is 34.4 Å². The third kappa shape index (κ3) is 9.55. The molecule has 6 aromatic rings. The molecule has 3 amide bonds. The monoisotopic (exact) mass is 1110 g/mol. The Labute approximate surface area is 468 Å². The number of aryl methyl sites for hydroxylation is 2. The molecule has 4 atom stereocenters. The molecule has 9 heterocycles. The van der Waals surface area contributed by atoms with Gasteiger partial charge in [0.15, 0.2) is 5.82 Å². The zero-order chi connectivity index (χ0) is 56.1. The lowest BCUT2D eigenvalue weighted by molar-refractivity contribution is -0.135. The van der Waals surface area contributed by atoms with Gasteiger partial charge in [0, 0.05) is 63.5 Å². The topological polar surface area (TPSA) is 201 Å². The van der Waals surface area contributed by atoms with Gasteiger partial charge in [0.2, 0.25) is 11.8 Å². The molecule has 1 unspecified atom stereocenters. The average molecular weight is 1110 g/mol. The van der Waals surface area contributed by atoms with Crippen LogP contribution in [0, 0.1) is 17.0 Å². The van der Waals surface area contributed by atoms with E-state index in [1.54, 1.807) is 24.6 Å². The number of halogens is 2. The number of carbonyl (C=O) groups excluding carboxylic acids is 3. The van der Waals surface area contributed by atoms with Crippen LogP contribution in [0.5, 0.6) is 11.8 Å². The molecule has 81 heavy (non-hydrogen) atoms. The average Bonchev–Trinajstić information content (AvgIpc) is 4.22. The Bertz CT molecular complexity index is 3560. The van der Waals surface area contributed by atoms with E-state index in [0.717, 1.165) is 89.4 Å². The Morgan fingerprint density at radius 2 is 1.68 bits per heavy atom. The fourth-order valence-electron chi connectivity index (χ4n) is 15.4. The van der Waals surface area contributed by atoms with Crippen molar-refractivity contribution in [3.8, 4) is 23.0 Å². The second-order valence-corrected chi connectivity index (χ2v) is 24.9. The molecule has 18 nitrogen and oxygen atoms in total. The molecule has 0 bridgehead atoms. The normalized spacial score (nSPS) is 25.8. The number of nitrogens with zero attached hydrogens (tertiary/aromatic N) is 9. The number of likely N-dealkylation sites (tertiary alicyclic amines) is 2. The zero-order valence-electron chi connectivity index (χ0n) is 46.5. The molecule has 1 aliphatic carbocycles. The van der Waals surface area contributed by atoms with Crippen LogP contribution >= 0.6 is 0 Å². The second-order valence-electron chi connectivity index (χ2n) is 24.9. The van der Waals surface area contributed by atoms with Crippen LogP contribution in [-0.4, -0.2) is 149 Å². The highest BCUT2D eigenvalue weighted by molar-refractivity contribution is 6.02. The fraction of sp³-hybridized carbons (Fsp3) is 0.557. The summed E-state index contributed by atoms with van der Waals surface area (Å²) in [6, 6.07) is 11.9. The summed E-state index contributed by atoms with van der Waals surface area (Å²) in [7, 11) is 1.74. The Hall–Kier alpha value is -6.77. The van der Waals surface area contributed by atoms with E-state index in [0.29, 0.717) is 90.3 Å². The van der Waals surface area contributed by atoms with Gasteiger partial charge >= 0.3 is 17.8 Å². The molecule has 20 heteroatoms. The number of rotatable bonds is 11. The van der Waals surface area contributed by atoms with E-state index in [2.05, 4.69) is 32.2 Å². The highest BCUT2D eigenvalue weighted by atomic mass is 19.1. The third-order valence-electron chi connectivity index (χ3n) is 19.9. The van der Waals surface area contributed by atoms with E-state index in [1.807, 2.05) is 22.8 Å². The maximum Gasteiger partial charge on any atom is 0.409 e. The lowest BCUT2D eigenvalue weighted by atomic mass is 9.59. The SMILES string of the molecule is CCc1c(F)ccc2cc(O)cc(-c3ncc4c(N5CCC[C@@](C)(O)C5)nc(OC[C@@]56CCCN5[C@H](COC(=O)N5CCC7(CC5)CC(N5CCC(c8ccc9c(c8)n(C)c(=O)n9C8CCC(=O)NC8=O)CC5)C7)CC6)nc4c3F)c12. The van der Waals surface area contributed by atoms with E-state index in [1.165, 1.54) is 34.5 Å². The highest BCUT2D eigenvalue weighted by Gasteiger charge is 2.52. The summed E-state index contributed by atoms with van der Waals surface area (Å²) in [4.78, 5) is 74.6. The molecule has 7 aliphatic rings. The molecule has 428 valence electrons. The minimum Gasteiger partial charge on any atom is -0.508 e. The lowest BCUT2D eigenvalue weighted by Crippen LogP contribution is -2.56. The molecular formula is C61H72F2N10O8. The van der Waals surface area contributed by atoms with Gasteiger partial charge in [-0.15, -0.1) is 0 Å². The number of phenols is 1. The number of imide groups is 1. The van der Waals surface area contributed by atoms with Crippen LogP contribution in [0.25, 0.3) is 44.0 Å². The largest absolute Gasteiger partial charge is 0.508 e. The first-order valence-corrected chi connectivity index (χ1v) is 29.4. The lowest BCUT2D eigenvalue weighted by Gasteiger charge is -2.56. The molecular weight excluding hydrogens is 1040 g/mol. The van der Waals surface area contributed by atoms with Gasteiger partial charge in [0.05, 0.1) is 27.6 Å². The van der Waals surface area contributed by atoms with E-state index in [-0.39, 0.29) is 89.4 Å². The van der Waals surface area contributed by atoms with E-state index >= 15 is 8.78 Å². The van der Waals surface area contributed by atoms with Gasteiger partial charge in [-0.1, -0.05) is 19.1 Å². The van der Waals surface area contributed by atoms with Crippen molar-refractivity contribution in [3.63, 3.8) is 0 Å². The molecule has 3 N–H and O–H groups in total. The standard InChI is InChI=1S/C61H72F2N10O8/c1-4-42-45(62)9-7-38-27-41(74)29-43(50(38)42)52-51(63)53-44(32-64-52)54(71-21-5-16-59(2,79)34-71)67-56(66-53)81-35-61-17-6-22-72(61)39(13-18-61)33-80-58(78)70-25-19-60(20-26-70)30-40(31-60)69-23-14-36(15-24-69)37-8-10-46-48(28-37)68(3)57(77)73(46)47-11-12-49(75)65-55(47)76/h7-10,27-29,32,36,39-40,47,74,79H,4-6,11-26,30-31,33-35H2,1-3H3,(H,65,75,76)/t39-,47?,59+,61-/m0/s1. The molecule has 0 radical (unpaired) electrons. The maximum absolute atomic E-state index is 17.3. The number of carbonyl (C=O) groups is 3. The maximum atomic E-state index is 17.3. The zero-order valence-corrected chi connectivity index (χ0v) is 46.5. The van der Waals surface area contributed by atoms with Crippen LogP contribution in [-0.2, 0) is 27.8 Å². The highest BCUT2D eigenvalue weighted by Crippen LogP contribution is 2.52. The number of ether oxygens (including phenoxy) is 2. The quantitative estimate of drug-likeness (QED) is 0.105. The number of benzene rings is 3. The second kappa shape index (κ2) is 20.6. The van der Waals surface area contributed by atoms with Crippen LogP contribution < -0.4 is 20.6 Å². The van der Waals surface area contributed by atoms with Crippen LogP contribution in [0.4, 0.5) is 19.4 Å². The summed E-state index contributed by atoms with van der Waals surface area (Å²) in [6.07, 6.45) is 13.1. The van der Waals surface area contributed by atoms with E-state index < -0.39 is 29.2 Å². The number of piperidine rings is 4. The number of aliphatic hydroxyl groups is 1. The minimum absolute atomic E-state index is 0.00964. The van der Waals surface area contributed by atoms with Gasteiger partial charge in [-0.25, -0.2) is 18.4 Å². The Morgan fingerprint density at radius 1 is 0.889 bits per heavy atom. The number of imidazole rings is 1. The molecule has 1 spiro atoms. The number of hydrogen-bond donors (Lipinski definition) is 3. The van der Waals surface area contributed by atoms with Crippen molar-refractivity contribution in [3.05, 3.63) is 81.9 Å². The van der Waals surface area contributed by atoms with Gasteiger partial charge in [0.1, 0.15) is 47.9 Å². The number of phenolic OH excluding ortho intramolecular Hbond substituents is 1. The van der Waals surface area contributed by atoms with Crippen molar-refractivity contribution in [2.75, 3.05) is 63.9 Å². The molecule has 7 fully saturated rings. The van der Waals surface area contributed by atoms with Gasteiger partial charge in [0.25, 0.3) is 0 Å². The van der Waals surface area contributed by atoms with Crippen molar-refractivity contribution in [1.29, 1.82) is 0 Å². The van der Waals surface area contributed by atoms with Crippen LogP contribution in [0.3, 0.4) is 0 Å². The summed E-state index contributed by atoms with van der Waals surface area (Å²) in [5, 5.41) is 25.7. The molecule has 1 saturated carbocycles. The Morgan fingerprint density at radius 3 is 2.44 bits per heavy atom.